The van der Waals surface area contributed by atoms with Gasteiger partial charge in [0.25, 0.3) is 5.91 Å². The van der Waals surface area contributed by atoms with Gasteiger partial charge in [0, 0.05) is 38.8 Å². The van der Waals surface area contributed by atoms with Gasteiger partial charge in [-0.05, 0) is 53.9 Å². The van der Waals surface area contributed by atoms with E-state index in [1.165, 1.54) is 11.1 Å². The summed E-state index contributed by atoms with van der Waals surface area (Å²) in [7, 11) is 6.66. The van der Waals surface area contributed by atoms with Crippen LogP contribution in [0, 0.1) is 0 Å². The van der Waals surface area contributed by atoms with Crippen LogP contribution in [0.15, 0.2) is 41.4 Å². The van der Waals surface area contributed by atoms with Gasteiger partial charge in [-0.1, -0.05) is 0 Å². The number of rotatable bonds is 7. The fourth-order valence-electron chi connectivity index (χ4n) is 3.59. The summed E-state index contributed by atoms with van der Waals surface area (Å²) in [5.74, 6) is 2.89. The van der Waals surface area contributed by atoms with Gasteiger partial charge >= 0.3 is 0 Å². The molecule has 0 aromatic heterocycles. The van der Waals surface area contributed by atoms with Crippen LogP contribution >= 0.6 is 0 Å². The van der Waals surface area contributed by atoms with E-state index in [9.17, 15) is 4.79 Å². The number of carbonyl (C=O) groups is 1. The van der Waals surface area contributed by atoms with Crippen LogP contribution < -0.4 is 24.8 Å². The Balaban J connectivity index is 1.52. The molecule has 3 rings (SSSR count). The van der Waals surface area contributed by atoms with Crippen LogP contribution in [-0.4, -0.2) is 64.8 Å². The van der Waals surface area contributed by atoms with Crippen molar-refractivity contribution < 1.29 is 19.0 Å². The van der Waals surface area contributed by atoms with Gasteiger partial charge in [0.15, 0.2) is 17.5 Å². The number of hydrogen-bond donors (Lipinski definition) is 2. The van der Waals surface area contributed by atoms with E-state index in [-0.39, 0.29) is 5.91 Å². The van der Waals surface area contributed by atoms with Gasteiger partial charge in [-0.2, -0.15) is 0 Å². The Bertz CT molecular complexity index is 928. The molecule has 1 aliphatic rings. The van der Waals surface area contributed by atoms with Gasteiger partial charge in [-0.25, -0.2) is 0 Å². The highest BCUT2D eigenvalue weighted by Crippen LogP contribution is 2.33. The van der Waals surface area contributed by atoms with Crippen LogP contribution in [0.3, 0.4) is 0 Å². The summed E-state index contributed by atoms with van der Waals surface area (Å²) in [6.07, 6.45) is 0.893. The van der Waals surface area contributed by atoms with Crippen molar-refractivity contribution >= 4 is 11.9 Å². The summed E-state index contributed by atoms with van der Waals surface area (Å²) in [5, 5.41) is 6.25. The summed E-state index contributed by atoms with van der Waals surface area (Å²) in [6, 6.07) is 11.1. The molecule has 0 atom stereocenters. The molecule has 1 heterocycles. The maximum atomic E-state index is 12.3. The maximum absolute atomic E-state index is 12.3. The smallest absolute Gasteiger partial charge is 0.251 e. The molecule has 2 aromatic carbocycles. The summed E-state index contributed by atoms with van der Waals surface area (Å²) in [4.78, 5) is 18.9. The first-order valence-corrected chi connectivity index (χ1v) is 10.2. The molecule has 8 heteroatoms. The largest absolute Gasteiger partial charge is 0.497 e. The molecule has 0 aliphatic carbocycles. The molecule has 0 unspecified atom stereocenters. The van der Waals surface area contributed by atoms with E-state index in [1.54, 1.807) is 52.6 Å². The molecule has 8 nitrogen and oxygen atoms in total. The zero-order valence-corrected chi connectivity index (χ0v) is 18.5. The topological polar surface area (TPSA) is 84.4 Å². The Labute approximate surface area is 183 Å². The van der Waals surface area contributed by atoms with E-state index in [4.69, 9.17) is 14.2 Å². The lowest BCUT2D eigenvalue weighted by Gasteiger charge is -2.32. The monoisotopic (exact) mass is 426 g/mol. The third kappa shape index (κ3) is 5.39. The first kappa shape index (κ1) is 22.3. The minimum absolute atomic E-state index is 0.118. The molecule has 166 valence electrons. The van der Waals surface area contributed by atoms with Gasteiger partial charge in [-0.3, -0.25) is 9.79 Å². The number of nitrogens with one attached hydrogen (secondary N) is 2. The molecule has 0 saturated heterocycles. The Morgan fingerprint density at radius 1 is 0.968 bits per heavy atom. The minimum atomic E-state index is -0.118. The minimum Gasteiger partial charge on any atom is -0.497 e. The van der Waals surface area contributed by atoms with Crippen LogP contribution in [0.2, 0.25) is 0 Å². The van der Waals surface area contributed by atoms with E-state index >= 15 is 0 Å². The van der Waals surface area contributed by atoms with Crippen molar-refractivity contribution in [3.05, 3.63) is 53.1 Å². The second kappa shape index (κ2) is 10.6. The fourth-order valence-corrected chi connectivity index (χ4v) is 3.59. The Morgan fingerprint density at radius 3 is 2.23 bits per heavy atom. The van der Waals surface area contributed by atoms with E-state index < -0.39 is 0 Å². The zero-order chi connectivity index (χ0) is 22.2. The maximum Gasteiger partial charge on any atom is 0.251 e. The first-order chi connectivity index (χ1) is 15.1. The highest BCUT2D eigenvalue weighted by molar-refractivity contribution is 5.94. The number of guanidine groups is 1. The van der Waals surface area contributed by atoms with Crippen LogP contribution in [0.1, 0.15) is 21.5 Å². The lowest BCUT2D eigenvalue weighted by atomic mass is 9.99. The quantitative estimate of drug-likeness (QED) is 0.401. The number of amides is 1. The van der Waals surface area contributed by atoms with Crippen molar-refractivity contribution in [3.8, 4) is 17.2 Å². The molecule has 0 fully saturated rings. The Kier molecular flexibility index (Phi) is 7.59. The molecule has 0 bridgehead atoms. The molecular formula is C23H30N4O4. The van der Waals surface area contributed by atoms with Crippen molar-refractivity contribution in [2.45, 2.75) is 13.0 Å². The Hall–Kier alpha value is -3.42. The molecular weight excluding hydrogens is 396 g/mol. The zero-order valence-electron chi connectivity index (χ0n) is 18.5. The van der Waals surface area contributed by atoms with Crippen molar-refractivity contribution in [3.63, 3.8) is 0 Å². The third-order valence-corrected chi connectivity index (χ3v) is 5.28. The number of fused-ring (bicyclic) bond motifs is 1. The van der Waals surface area contributed by atoms with Crippen LogP contribution in [0.4, 0.5) is 0 Å². The number of nitrogens with zero attached hydrogens (tertiary/aromatic N) is 2. The number of aliphatic imine (C=N–C) groups is 1. The van der Waals surface area contributed by atoms with Crippen LogP contribution in [0.5, 0.6) is 17.2 Å². The van der Waals surface area contributed by atoms with Gasteiger partial charge in [0.05, 0.1) is 21.3 Å². The lowest BCUT2D eigenvalue weighted by molar-refractivity contribution is 0.0954. The number of benzene rings is 2. The van der Waals surface area contributed by atoms with Gasteiger partial charge in [0.2, 0.25) is 0 Å². The second-order valence-electron chi connectivity index (χ2n) is 7.11. The highest BCUT2D eigenvalue weighted by atomic mass is 16.5. The molecule has 1 aliphatic heterocycles. The lowest BCUT2D eigenvalue weighted by Crippen LogP contribution is -2.46. The molecule has 1 amide bonds. The fraction of sp³-hybridized carbons (Fsp3) is 0.391. The highest BCUT2D eigenvalue weighted by Gasteiger charge is 2.21. The standard InChI is InChI=1S/C23H30N4O4/c1-24-23(26-11-10-25-22(28)16-5-7-19(29-2)8-6-16)27-12-9-17-13-20(30-3)21(31-4)14-18(17)15-27/h5-8,13-14H,9-12,15H2,1-4H3,(H,24,26)(H,25,28). The molecule has 0 radical (unpaired) electrons. The summed E-state index contributed by atoms with van der Waals surface area (Å²) >= 11 is 0. The van der Waals surface area contributed by atoms with Crippen LogP contribution in [0.25, 0.3) is 0 Å². The van der Waals surface area contributed by atoms with Crippen LogP contribution in [-0.2, 0) is 13.0 Å². The van der Waals surface area contributed by atoms with Gasteiger partial charge in [0.1, 0.15) is 5.75 Å². The average Bonchev–Trinajstić information content (AvgIpc) is 2.82. The van der Waals surface area contributed by atoms with Gasteiger partial charge in [-0.15, -0.1) is 0 Å². The molecule has 31 heavy (non-hydrogen) atoms. The van der Waals surface area contributed by atoms with E-state index in [2.05, 4.69) is 26.6 Å². The number of carbonyl (C=O) groups excluding carboxylic acids is 1. The molecule has 0 spiro atoms. The van der Waals surface area contributed by atoms with E-state index in [1.807, 2.05) is 6.07 Å². The summed E-state index contributed by atoms with van der Waals surface area (Å²) in [5.41, 5.74) is 3.05. The molecule has 2 N–H and O–H groups in total. The summed E-state index contributed by atoms with van der Waals surface area (Å²) in [6.45, 7) is 2.64. The first-order valence-electron chi connectivity index (χ1n) is 10.2. The van der Waals surface area contributed by atoms with Crippen molar-refractivity contribution in [2.24, 2.45) is 4.99 Å². The molecule has 0 saturated carbocycles. The molecule has 2 aromatic rings. The third-order valence-electron chi connectivity index (χ3n) is 5.28. The van der Waals surface area contributed by atoms with Crippen molar-refractivity contribution in [1.82, 2.24) is 15.5 Å². The second-order valence-corrected chi connectivity index (χ2v) is 7.11. The normalized spacial score (nSPS) is 13.3. The number of methoxy groups -OCH3 is 3. The summed E-state index contributed by atoms with van der Waals surface area (Å²) < 4.78 is 16.0. The predicted octanol–water partition coefficient (Wildman–Crippen LogP) is 2.08. The van der Waals surface area contributed by atoms with Gasteiger partial charge < -0.3 is 29.7 Å². The van der Waals surface area contributed by atoms with E-state index in [0.717, 1.165) is 42.7 Å². The Morgan fingerprint density at radius 2 is 1.61 bits per heavy atom. The predicted molar refractivity (Wildman–Crippen MR) is 120 cm³/mol. The SMILES string of the molecule is CN=C(NCCNC(=O)c1ccc(OC)cc1)N1CCc2cc(OC)c(OC)cc2C1. The average molecular weight is 427 g/mol. The number of hydrogen-bond acceptors (Lipinski definition) is 5. The van der Waals surface area contributed by atoms with E-state index in [0.29, 0.717) is 18.7 Å². The number of ether oxygens (including phenoxy) is 3. The van der Waals surface area contributed by atoms with Crippen molar-refractivity contribution in [1.29, 1.82) is 0 Å². The van der Waals surface area contributed by atoms with Crippen molar-refractivity contribution in [2.75, 3.05) is 48.0 Å².